The van der Waals surface area contributed by atoms with E-state index in [0.29, 0.717) is 0 Å². The lowest BCUT2D eigenvalue weighted by Gasteiger charge is -2.11. The molecule has 0 aliphatic carbocycles. The molecule has 1 heterocycles. The zero-order chi connectivity index (χ0) is 9.52. The first-order chi connectivity index (χ1) is 6.36. The van der Waals surface area contributed by atoms with Crippen LogP contribution in [0.15, 0.2) is 12.2 Å². The Morgan fingerprint density at radius 2 is 2.15 bits per heavy atom. The van der Waals surface area contributed by atoms with E-state index in [2.05, 4.69) is 30.9 Å². The number of rotatable bonds is 5. The van der Waals surface area contributed by atoms with Gasteiger partial charge in [0.2, 0.25) is 0 Å². The number of thioether (sulfide) groups is 1. The summed E-state index contributed by atoms with van der Waals surface area (Å²) in [4.78, 5) is 2.50. The summed E-state index contributed by atoms with van der Waals surface area (Å²) >= 11 is 2.04. The highest BCUT2D eigenvalue weighted by Crippen LogP contribution is 2.13. The molecule has 0 amide bonds. The molecule has 0 aromatic carbocycles. The molecular formula is C11H21NS. The van der Waals surface area contributed by atoms with Gasteiger partial charge in [0.05, 0.1) is 0 Å². The Kier molecular flexibility index (Phi) is 5.56. The average Bonchev–Trinajstić information content (AvgIpc) is 2.65. The molecule has 0 saturated carbocycles. The van der Waals surface area contributed by atoms with Gasteiger partial charge in [0, 0.05) is 24.7 Å². The summed E-state index contributed by atoms with van der Waals surface area (Å²) in [6.45, 7) is 6.97. The lowest BCUT2D eigenvalue weighted by Crippen LogP contribution is -2.19. The van der Waals surface area contributed by atoms with Gasteiger partial charge in [-0.05, 0) is 18.8 Å². The first kappa shape index (κ1) is 11.1. The second kappa shape index (κ2) is 6.50. The van der Waals surface area contributed by atoms with Crippen molar-refractivity contribution in [2.24, 2.45) is 5.92 Å². The molecule has 0 N–H and O–H groups in total. The Hall–Kier alpha value is 0.0500. The average molecular weight is 199 g/mol. The maximum atomic E-state index is 2.50. The van der Waals surface area contributed by atoms with E-state index in [1.165, 1.54) is 31.0 Å². The van der Waals surface area contributed by atoms with E-state index < -0.39 is 0 Å². The molecule has 2 heteroatoms. The fourth-order valence-corrected chi connectivity index (χ4v) is 2.57. The molecule has 0 atom stereocenters. The Bertz CT molecular complexity index is 146. The molecule has 0 unspecified atom stereocenters. The SMILES string of the molecule is CCC(/C=C/CN1CCSC1)CC. The Labute approximate surface area is 86.6 Å². The molecule has 1 nitrogen and oxygen atoms in total. The van der Waals surface area contributed by atoms with Crippen molar-refractivity contribution < 1.29 is 0 Å². The molecular weight excluding hydrogens is 178 g/mol. The first-order valence-corrected chi connectivity index (χ1v) is 6.49. The molecule has 0 aromatic rings. The monoisotopic (exact) mass is 199 g/mol. The van der Waals surface area contributed by atoms with Crippen LogP contribution < -0.4 is 0 Å². The highest BCUT2D eigenvalue weighted by molar-refractivity contribution is 7.99. The van der Waals surface area contributed by atoms with Crippen molar-refractivity contribution >= 4 is 11.8 Å². The van der Waals surface area contributed by atoms with Crippen LogP contribution in [-0.2, 0) is 0 Å². The summed E-state index contributed by atoms with van der Waals surface area (Å²) in [6.07, 6.45) is 7.30. The summed E-state index contributed by atoms with van der Waals surface area (Å²) in [6, 6.07) is 0. The van der Waals surface area contributed by atoms with Crippen molar-refractivity contribution in [1.82, 2.24) is 4.90 Å². The lowest BCUT2D eigenvalue weighted by molar-refractivity contribution is 0.395. The quantitative estimate of drug-likeness (QED) is 0.626. The van der Waals surface area contributed by atoms with Crippen LogP contribution >= 0.6 is 11.8 Å². The summed E-state index contributed by atoms with van der Waals surface area (Å²) < 4.78 is 0. The van der Waals surface area contributed by atoms with E-state index in [-0.39, 0.29) is 0 Å². The molecule has 1 fully saturated rings. The summed E-state index contributed by atoms with van der Waals surface area (Å²) in [5, 5.41) is 0. The largest absolute Gasteiger partial charge is 0.290 e. The minimum atomic E-state index is 0.801. The van der Waals surface area contributed by atoms with Gasteiger partial charge >= 0.3 is 0 Å². The molecule has 76 valence electrons. The summed E-state index contributed by atoms with van der Waals surface area (Å²) in [7, 11) is 0. The van der Waals surface area contributed by atoms with Crippen LogP contribution in [0.1, 0.15) is 26.7 Å². The Balaban J connectivity index is 2.15. The van der Waals surface area contributed by atoms with Crippen LogP contribution in [-0.4, -0.2) is 29.6 Å². The van der Waals surface area contributed by atoms with Crippen LogP contribution in [0.25, 0.3) is 0 Å². The van der Waals surface area contributed by atoms with Gasteiger partial charge in [-0.15, -0.1) is 11.8 Å². The molecule has 1 saturated heterocycles. The third-order valence-electron chi connectivity index (χ3n) is 2.65. The van der Waals surface area contributed by atoms with Crippen molar-refractivity contribution in [1.29, 1.82) is 0 Å². The standard InChI is InChI=1S/C11H21NS/c1-3-11(4-2)6-5-7-12-8-9-13-10-12/h5-6,11H,3-4,7-10H2,1-2H3/b6-5+. The predicted molar refractivity (Wildman–Crippen MR) is 62.1 cm³/mol. The zero-order valence-corrected chi connectivity index (χ0v) is 9.65. The van der Waals surface area contributed by atoms with Crippen molar-refractivity contribution in [3.8, 4) is 0 Å². The van der Waals surface area contributed by atoms with Gasteiger partial charge in [-0.1, -0.05) is 26.0 Å². The molecule has 0 aromatic heterocycles. The normalized spacial score (nSPS) is 19.3. The highest BCUT2D eigenvalue weighted by atomic mass is 32.2. The van der Waals surface area contributed by atoms with Crippen molar-refractivity contribution in [2.45, 2.75) is 26.7 Å². The maximum absolute atomic E-state index is 2.50. The number of nitrogens with zero attached hydrogens (tertiary/aromatic N) is 1. The van der Waals surface area contributed by atoms with E-state index in [1.807, 2.05) is 11.8 Å². The second-order valence-electron chi connectivity index (χ2n) is 3.62. The second-order valence-corrected chi connectivity index (χ2v) is 4.69. The van der Waals surface area contributed by atoms with Crippen LogP contribution in [0.3, 0.4) is 0 Å². The van der Waals surface area contributed by atoms with E-state index in [4.69, 9.17) is 0 Å². The first-order valence-electron chi connectivity index (χ1n) is 5.33. The van der Waals surface area contributed by atoms with E-state index in [0.717, 1.165) is 12.5 Å². The lowest BCUT2D eigenvalue weighted by atomic mass is 10.0. The number of hydrogen-bond acceptors (Lipinski definition) is 2. The van der Waals surface area contributed by atoms with Crippen molar-refractivity contribution in [3.05, 3.63) is 12.2 Å². The van der Waals surface area contributed by atoms with Gasteiger partial charge in [0.1, 0.15) is 0 Å². The van der Waals surface area contributed by atoms with E-state index >= 15 is 0 Å². The van der Waals surface area contributed by atoms with E-state index in [9.17, 15) is 0 Å². The fourth-order valence-electron chi connectivity index (χ4n) is 1.56. The molecule has 1 rings (SSSR count). The van der Waals surface area contributed by atoms with E-state index in [1.54, 1.807) is 0 Å². The van der Waals surface area contributed by atoms with Crippen LogP contribution in [0, 0.1) is 5.92 Å². The molecule has 1 aliphatic heterocycles. The molecule has 13 heavy (non-hydrogen) atoms. The van der Waals surface area contributed by atoms with Crippen LogP contribution in [0.2, 0.25) is 0 Å². The molecule has 0 radical (unpaired) electrons. The topological polar surface area (TPSA) is 3.24 Å². The Morgan fingerprint density at radius 3 is 2.69 bits per heavy atom. The third kappa shape index (κ3) is 4.19. The van der Waals surface area contributed by atoms with Crippen LogP contribution in [0.4, 0.5) is 0 Å². The van der Waals surface area contributed by atoms with Gasteiger partial charge in [-0.2, -0.15) is 0 Å². The zero-order valence-electron chi connectivity index (χ0n) is 8.83. The fraction of sp³-hybridized carbons (Fsp3) is 0.818. The predicted octanol–water partition coefficient (Wildman–Crippen LogP) is 2.99. The van der Waals surface area contributed by atoms with Crippen molar-refractivity contribution in [2.75, 3.05) is 24.7 Å². The van der Waals surface area contributed by atoms with Gasteiger partial charge in [0.25, 0.3) is 0 Å². The number of hydrogen-bond donors (Lipinski definition) is 0. The highest BCUT2D eigenvalue weighted by Gasteiger charge is 2.09. The Morgan fingerprint density at radius 1 is 1.38 bits per heavy atom. The van der Waals surface area contributed by atoms with Gasteiger partial charge in [0.15, 0.2) is 0 Å². The minimum absolute atomic E-state index is 0.801. The summed E-state index contributed by atoms with van der Waals surface area (Å²) in [5.41, 5.74) is 0. The minimum Gasteiger partial charge on any atom is -0.290 e. The molecule has 0 bridgehead atoms. The van der Waals surface area contributed by atoms with Gasteiger partial charge in [-0.3, -0.25) is 4.90 Å². The van der Waals surface area contributed by atoms with Crippen LogP contribution in [0.5, 0.6) is 0 Å². The smallest absolute Gasteiger partial charge is 0.0448 e. The number of allylic oxidation sites excluding steroid dienone is 1. The summed E-state index contributed by atoms with van der Waals surface area (Å²) in [5.74, 6) is 3.35. The van der Waals surface area contributed by atoms with Crippen molar-refractivity contribution in [3.63, 3.8) is 0 Å². The molecule has 0 spiro atoms. The van der Waals surface area contributed by atoms with Gasteiger partial charge in [-0.25, -0.2) is 0 Å². The maximum Gasteiger partial charge on any atom is 0.0448 e. The third-order valence-corrected chi connectivity index (χ3v) is 3.67. The molecule has 1 aliphatic rings. The van der Waals surface area contributed by atoms with Gasteiger partial charge < -0.3 is 0 Å².